The molecule has 0 radical (unpaired) electrons. The first kappa shape index (κ1) is 18.9. The maximum Gasteiger partial charge on any atom is 0.241 e. The smallest absolute Gasteiger partial charge is 0.241 e. The molecule has 4 nitrogen and oxygen atoms in total. The molecule has 140 valence electrons. The second-order valence-electron chi connectivity index (χ2n) is 6.91. The molecule has 1 N–H and O–H groups in total. The molecule has 0 amide bonds. The Morgan fingerprint density at radius 3 is 2.50 bits per heavy atom. The molecule has 0 heterocycles. The molecule has 1 aliphatic rings. The number of sulfonamides is 1. The highest BCUT2D eigenvalue weighted by atomic mass is 32.2. The van der Waals surface area contributed by atoms with Crippen molar-refractivity contribution in [1.29, 1.82) is 0 Å². The molecule has 2 aromatic rings. The number of rotatable bonds is 6. The van der Waals surface area contributed by atoms with Gasteiger partial charge in [0.1, 0.15) is 5.75 Å². The summed E-state index contributed by atoms with van der Waals surface area (Å²) in [5.41, 5.74) is 4.66. The van der Waals surface area contributed by atoms with Crippen LogP contribution in [0, 0.1) is 0 Å². The fourth-order valence-corrected chi connectivity index (χ4v) is 4.87. The number of aryl methyl sites for hydroxylation is 3. The standard InChI is InChI=1S/C21H27NO3S/c1-4-16-14-20(11-12-21(16)25-3)26(23,24)22-15(2)18-10-9-17-7-5-6-8-19(17)13-18/h9-15,22H,4-8H2,1-3H3. The minimum atomic E-state index is -3.59. The van der Waals surface area contributed by atoms with E-state index in [9.17, 15) is 8.42 Å². The van der Waals surface area contributed by atoms with Crippen molar-refractivity contribution in [2.75, 3.05) is 7.11 Å². The van der Waals surface area contributed by atoms with E-state index < -0.39 is 10.0 Å². The summed E-state index contributed by atoms with van der Waals surface area (Å²) in [5.74, 6) is 0.717. The monoisotopic (exact) mass is 373 g/mol. The molecule has 0 aromatic heterocycles. The number of fused-ring (bicyclic) bond motifs is 1. The Balaban J connectivity index is 1.83. The summed E-state index contributed by atoms with van der Waals surface area (Å²) in [6, 6.07) is 11.1. The van der Waals surface area contributed by atoms with Crippen molar-refractivity contribution >= 4 is 10.0 Å². The molecule has 0 bridgehead atoms. The topological polar surface area (TPSA) is 55.4 Å². The number of hydrogen-bond acceptors (Lipinski definition) is 3. The van der Waals surface area contributed by atoms with E-state index in [1.165, 1.54) is 24.0 Å². The molecule has 0 aliphatic heterocycles. The molecule has 1 atom stereocenters. The van der Waals surface area contributed by atoms with Gasteiger partial charge in [-0.3, -0.25) is 0 Å². The molecule has 1 aliphatic carbocycles. The second-order valence-corrected chi connectivity index (χ2v) is 8.62. The lowest BCUT2D eigenvalue weighted by Gasteiger charge is -2.20. The Hall–Kier alpha value is -1.85. The van der Waals surface area contributed by atoms with Gasteiger partial charge in [0.05, 0.1) is 12.0 Å². The van der Waals surface area contributed by atoms with Gasteiger partial charge in [0.2, 0.25) is 10.0 Å². The van der Waals surface area contributed by atoms with Crippen LogP contribution < -0.4 is 9.46 Å². The summed E-state index contributed by atoms with van der Waals surface area (Å²) in [6.45, 7) is 3.88. The predicted molar refractivity (Wildman–Crippen MR) is 104 cm³/mol. The van der Waals surface area contributed by atoms with Gasteiger partial charge in [0, 0.05) is 6.04 Å². The Morgan fingerprint density at radius 2 is 1.81 bits per heavy atom. The van der Waals surface area contributed by atoms with Crippen LogP contribution in [0.25, 0.3) is 0 Å². The number of ether oxygens (including phenoxy) is 1. The van der Waals surface area contributed by atoms with Crippen molar-refractivity contribution in [3.8, 4) is 5.75 Å². The largest absolute Gasteiger partial charge is 0.496 e. The van der Waals surface area contributed by atoms with Crippen molar-refractivity contribution in [2.45, 2.75) is 56.9 Å². The number of benzene rings is 2. The predicted octanol–water partition coefficient (Wildman–Crippen LogP) is 4.18. The van der Waals surface area contributed by atoms with E-state index >= 15 is 0 Å². The number of methoxy groups -OCH3 is 1. The third-order valence-corrected chi connectivity index (χ3v) is 6.69. The van der Waals surface area contributed by atoms with Gasteiger partial charge in [-0.25, -0.2) is 13.1 Å². The number of nitrogens with one attached hydrogen (secondary N) is 1. The second kappa shape index (κ2) is 7.80. The highest BCUT2D eigenvalue weighted by Crippen LogP contribution is 2.27. The Kier molecular flexibility index (Phi) is 5.68. The van der Waals surface area contributed by atoms with Gasteiger partial charge < -0.3 is 4.74 Å². The molecular weight excluding hydrogens is 346 g/mol. The lowest BCUT2D eigenvalue weighted by molar-refractivity contribution is 0.409. The van der Waals surface area contributed by atoms with Gasteiger partial charge >= 0.3 is 0 Å². The van der Waals surface area contributed by atoms with Gasteiger partial charge in [0.15, 0.2) is 0 Å². The average Bonchev–Trinajstić information content (AvgIpc) is 2.66. The van der Waals surface area contributed by atoms with Crippen molar-refractivity contribution in [1.82, 2.24) is 4.72 Å². The van der Waals surface area contributed by atoms with Crippen LogP contribution in [0.15, 0.2) is 41.3 Å². The van der Waals surface area contributed by atoms with Crippen LogP contribution in [0.2, 0.25) is 0 Å². The van der Waals surface area contributed by atoms with E-state index in [0.717, 1.165) is 24.0 Å². The molecule has 26 heavy (non-hydrogen) atoms. The van der Waals surface area contributed by atoms with Crippen LogP contribution in [0.5, 0.6) is 5.75 Å². The van der Waals surface area contributed by atoms with Gasteiger partial charge in [-0.05, 0) is 79.5 Å². The first-order valence-corrected chi connectivity index (χ1v) is 10.7. The van der Waals surface area contributed by atoms with Gasteiger partial charge in [0.25, 0.3) is 0 Å². The molecule has 0 saturated heterocycles. The normalized spacial score (nSPS) is 15.3. The SMILES string of the molecule is CCc1cc(S(=O)(=O)NC(C)c2ccc3c(c2)CCCC3)ccc1OC. The fourth-order valence-electron chi connectivity index (χ4n) is 3.59. The minimum Gasteiger partial charge on any atom is -0.496 e. The summed E-state index contributed by atoms with van der Waals surface area (Å²) in [6.07, 6.45) is 5.38. The summed E-state index contributed by atoms with van der Waals surface area (Å²) < 4.78 is 33.7. The molecule has 5 heteroatoms. The zero-order valence-electron chi connectivity index (χ0n) is 15.7. The van der Waals surface area contributed by atoms with Crippen molar-refractivity contribution in [2.24, 2.45) is 0 Å². The van der Waals surface area contributed by atoms with Crippen LogP contribution in [-0.2, 0) is 29.3 Å². The summed E-state index contributed by atoms with van der Waals surface area (Å²) in [7, 11) is -2.00. The molecule has 0 saturated carbocycles. The van der Waals surface area contributed by atoms with Crippen LogP contribution in [0.1, 0.15) is 55.0 Å². The molecule has 0 fully saturated rings. The van der Waals surface area contributed by atoms with E-state index in [2.05, 4.69) is 16.9 Å². The highest BCUT2D eigenvalue weighted by Gasteiger charge is 2.21. The lowest BCUT2D eigenvalue weighted by atomic mass is 9.89. The zero-order chi connectivity index (χ0) is 18.7. The van der Waals surface area contributed by atoms with Crippen molar-refractivity contribution < 1.29 is 13.2 Å². The highest BCUT2D eigenvalue weighted by molar-refractivity contribution is 7.89. The quantitative estimate of drug-likeness (QED) is 0.826. The first-order chi connectivity index (χ1) is 12.4. The summed E-state index contributed by atoms with van der Waals surface area (Å²) in [4.78, 5) is 0.278. The molecule has 1 unspecified atom stereocenters. The minimum absolute atomic E-state index is 0.278. The Bertz CT molecular complexity index is 890. The first-order valence-electron chi connectivity index (χ1n) is 9.25. The van der Waals surface area contributed by atoms with Crippen LogP contribution in [0.4, 0.5) is 0 Å². The summed E-state index contributed by atoms with van der Waals surface area (Å²) in [5, 5.41) is 0. The molecule has 3 rings (SSSR count). The fraction of sp³-hybridized carbons (Fsp3) is 0.429. The van der Waals surface area contributed by atoms with E-state index in [0.29, 0.717) is 12.2 Å². The van der Waals surface area contributed by atoms with E-state index in [1.54, 1.807) is 25.3 Å². The van der Waals surface area contributed by atoms with Crippen LogP contribution in [0.3, 0.4) is 0 Å². The molecular formula is C21H27NO3S. The third kappa shape index (κ3) is 3.94. The lowest BCUT2D eigenvalue weighted by Crippen LogP contribution is -2.27. The Labute approximate surface area is 156 Å². The molecule has 2 aromatic carbocycles. The molecule has 0 spiro atoms. The van der Waals surface area contributed by atoms with Crippen molar-refractivity contribution in [3.05, 3.63) is 58.7 Å². The number of hydrogen-bond donors (Lipinski definition) is 1. The third-order valence-electron chi connectivity index (χ3n) is 5.15. The summed E-state index contributed by atoms with van der Waals surface area (Å²) >= 11 is 0. The Morgan fingerprint density at radius 1 is 1.08 bits per heavy atom. The van der Waals surface area contributed by atoms with Gasteiger partial charge in [-0.1, -0.05) is 25.1 Å². The maximum absolute atomic E-state index is 12.8. The van der Waals surface area contributed by atoms with Crippen molar-refractivity contribution in [3.63, 3.8) is 0 Å². The average molecular weight is 374 g/mol. The van der Waals surface area contributed by atoms with Gasteiger partial charge in [-0.15, -0.1) is 0 Å². The zero-order valence-corrected chi connectivity index (χ0v) is 16.5. The van der Waals surface area contributed by atoms with Gasteiger partial charge in [-0.2, -0.15) is 0 Å². The maximum atomic E-state index is 12.8. The van der Waals surface area contributed by atoms with Crippen LogP contribution >= 0.6 is 0 Å². The van der Waals surface area contributed by atoms with E-state index in [1.807, 2.05) is 19.9 Å². The van der Waals surface area contributed by atoms with Crippen LogP contribution in [-0.4, -0.2) is 15.5 Å². The van der Waals surface area contributed by atoms with E-state index in [4.69, 9.17) is 4.74 Å². The van der Waals surface area contributed by atoms with E-state index in [-0.39, 0.29) is 10.9 Å².